The van der Waals surface area contributed by atoms with Gasteiger partial charge in [0.1, 0.15) is 17.2 Å². The quantitative estimate of drug-likeness (QED) is 0.750. The van der Waals surface area contributed by atoms with Gasteiger partial charge in [-0.05, 0) is 51.3 Å². The average molecular weight is 320 g/mol. The maximum atomic E-state index is 14.4. The molecule has 3 nitrogen and oxygen atoms in total. The van der Waals surface area contributed by atoms with Crippen LogP contribution in [0.15, 0.2) is 39.8 Å². The topological polar surface area (TPSA) is 31.6 Å². The van der Waals surface area contributed by atoms with Crippen LogP contribution in [-0.2, 0) is 9.31 Å². The van der Waals surface area contributed by atoms with Crippen molar-refractivity contribution < 1.29 is 18.1 Å². The SMILES string of the molecule is CC1(C)OB(C(F)=Cc2ccc(-c3cccs3)o2)OC1(C)C. The summed E-state index contributed by atoms with van der Waals surface area (Å²) in [5, 5.41) is 1.97. The molecule has 116 valence electrons. The van der Waals surface area contributed by atoms with Gasteiger partial charge in [-0.3, -0.25) is 0 Å². The lowest BCUT2D eigenvalue weighted by atomic mass is 9.87. The highest BCUT2D eigenvalue weighted by atomic mass is 32.1. The molecule has 0 spiro atoms. The summed E-state index contributed by atoms with van der Waals surface area (Å²) in [4.78, 5) is 1.01. The van der Waals surface area contributed by atoms with Crippen molar-refractivity contribution in [3.05, 3.63) is 41.1 Å². The van der Waals surface area contributed by atoms with Gasteiger partial charge in [-0.2, -0.15) is 0 Å². The minimum atomic E-state index is -1.000. The molecule has 0 aliphatic carbocycles. The molecule has 3 heterocycles. The second kappa shape index (κ2) is 5.37. The first-order valence-electron chi connectivity index (χ1n) is 7.15. The third-order valence-electron chi connectivity index (χ3n) is 4.15. The van der Waals surface area contributed by atoms with Crippen molar-refractivity contribution in [3.8, 4) is 10.6 Å². The second-order valence-corrected chi connectivity index (χ2v) is 7.24. The third kappa shape index (κ3) is 2.78. The Morgan fingerprint density at radius 1 is 1.14 bits per heavy atom. The molecule has 0 aromatic carbocycles. The molecule has 1 aliphatic heterocycles. The average Bonchev–Trinajstić information content (AvgIpc) is 3.09. The van der Waals surface area contributed by atoms with E-state index in [1.165, 1.54) is 6.08 Å². The van der Waals surface area contributed by atoms with Crippen LogP contribution in [0.25, 0.3) is 16.7 Å². The molecule has 22 heavy (non-hydrogen) atoms. The molecule has 2 aromatic rings. The zero-order valence-corrected chi connectivity index (χ0v) is 13.9. The van der Waals surface area contributed by atoms with Gasteiger partial charge in [-0.15, -0.1) is 11.3 Å². The molecule has 0 radical (unpaired) electrons. The van der Waals surface area contributed by atoms with Gasteiger partial charge >= 0.3 is 7.12 Å². The molecule has 0 atom stereocenters. The first-order valence-corrected chi connectivity index (χ1v) is 8.03. The predicted molar refractivity (Wildman–Crippen MR) is 87.2 cm³/mol. The molecule has 0 N–H and O–H groups in total. The van der Waals surface area contributed by atoms with E-state index in [0.717, 1.165) is 10.6 Å². The molecular weight excluding hydrogens is 302 g/mol. The molecule has 3 rings (SSSR count). The van der Waals surface area contributed by atoms with Crippen LogP contribution in [0.2, 0.25) is 0 Å². The van der Waals surface area contributed by atoms with Crippen LogP contribution in [0.1, 0.15) is 33.5 Å². The summed E-state index contributed by atoms with van der Waals surface area (Å²) in [5.74, 6) is 1.17. The van der Waals surface area contributed by atoms with E-state index in [4.69, 9.17) is 13.7 Å². The lowest BCUT2D eigenvalue weighted by Crippen LogP contribution is -2.41. The Bertz CT molecular complexity index is 672. The fraction of sp³-hybridized carbons (Fsp3) is 0.375. The van der Waals surface area contributed by atoms with E-state index >= 15 is 0 Å². The zero-order valence-electron chi connectivity index (χ0n) is 13.1. The largest absolute Gasteiger partial charge is 0.525 e. The van der Waals surface area contributed by atoms with Crippen molar-refractivity contribution in [1.29, 1.82) is 0 Å². The highest BCUT2D eigenvalue weighted by Gasteiger charge is 2.53. The highest BCUT2D eigenvalue weighted by Crippen LogP contribution is 2.39. The van der Waals surface area contributed by atoms with E-state index in [1.807, 2.05) is 51.3 Å². The summed E-state index contributed by atoms with van der Waals surface area (Å²) in [5.41, 5.74) is -1.62. The Balaban J connectivity index is 1.79. The summed E-state index contributed by atoms with van der Waals surface area (Å²) < 4.78 is 31.4. The van der Waals surface area contributed by atoms with E-state index in [1.54, 1.807) is 17.4 Å². The molecule has 0 saturated carbocycles. The number of rotatable bonds is 3. The van der Waals surface area contributed by atoms with Crippen LogP contribution in [-0.4, -0.2) is 18.3 Å². The van der Waals surface area contributed by atoms with Crippen LogP contribution in [0.5, 0.6) is 0 Å². The Kier molecular flexibility index (Phi) is 3.79. The molecule has 1 saturated heterocycles. The first-order chi connectivity index (χ1) is 10.3. The van der Waals surface area contributed by atoms with Crippen LogP contribution >= 0.6 is 11.3 Å². The monoisotopic (exact) mass is 320 g/mol. The Morgan fingerprint density at radius 2 is 1.82 bits per heavy atom. The normalized spacial score (nSPS) is 20.6. The number of thiophene rings is 1. The molecule has 0 unspecified atom stereocenters. The smallest absolute Gasteiger partial charge is 0.456 e. The Morgan fingerprint density at radius 3 is 2.41 bits per heavy atom. The molecule has 0 bridgehead atoms. The van der Waals surface area contributed by atoms with Gasteiger partial charge in [0.25, 0.3) is 0 Å². The van der Waals surface area contributed by atoms with E-state index in [0.29, 0.717) is 5.76 Å². The maximum Gasteiger partial charge on any atom is 0.525 e. The Hall–Kier alpha value is -1.37. The standard InChI is InChI=1S/C16H18BFO3S/c1-15(2)16(3,4)21-17(20-15)14(18)10-11-7-8-12(19-11)13-6-5-9-22-13/h5-10H,1-4H3. The van der Waals surface area contributed by atoms with Crippen LogP contribution in [0.4, 0.5) is 4.39 Å². The van der Waals surface area contributed by atoms with Gasteiger partial charge in [0, 0.05) is 6.08 Å². The lowest BCUT2D eigenvalue weighted by molar-refractivity contribution is 0.00578. The maximum absolute atomic E-state index is 14.4. The number of halogens is 1. The van der Waals surface area contributed by atoms with Gasteiger partial charge < -0.3 is 13.7 Å². The second-order valence-electron chi connectivity index (χ2n) is 6.30. The van der Waals surface area contributed by atoms with Crippen molar-refractivity contribution in [1.82, 2.24) is 0 Å². The van der Waals surface area contributed by atoms with E-state index in [2.05, 4.69) is 0 Å². The third-order valence-corrected chi connectivity index (χ3v) is 5.03. The number of hydrogen-bond acceptors (Lipinski definition) is 4. The van der Waals surface area contributed by atoms with Crippen LogP contribution in [0, 0.1) is 0 Å². The van der Waals surface area contributed by atoms with Gasteiger partial charge in [0.15, 0.2) is 0 Å². The lowest BCUT2D eigenvalue weighted by Gasteiger charge is -2.32. The van der Waals surface area contributed by atoms with E-state index in [-0.39, 0.29) is 0 Å². The van der Waals surface area contributed by atoms with E-state index in [9.17, 15) is 4.39 Å². The summed E-state index contributed by atoms with van der Waals surface area (Å²) >= 11 is 1.58. The minimum Gasteiger partial charge on any atom is -0.456 e. The molecule has 1 aliphatic rings. The van der Waals surface area contributed by atoms with Crippen LogP contribution < -0.4 is 0 Å². The minimum absolute atomic E-state index is 0.440. The summed E-state index contributed by atoms with van der Waals surface area (Å²) in [6, 6.07) is 7.47. The molecule has 0 amide bonds. The summed E-state index contributed by atoms with van der Waals surface area (Å²) in [6.45, 7) is 7.56. The Labute approximate surface area is 133 Å². The fourth-order valence-corrected chi connectivity index (χ4v) is 2.83. The first kappa shape index (κ1) is 15.5. The molecule has 6 heteroatoms. The van der Waals surface area contributed by atoms with Crippen molar-refractivity contribution in [2.75, 3.05) is 0 Å². The highest BCUT2D eigenvalue weighted by molar-refractivity contribution is 7.13. The van der Waals surface area contributed by atoms with Crippen molar-refractivity contribution >= 4 is 24.5 Å². The van der Waals surface area contributed by atoms with Gasteiger partial charge in [0.05, 0.1) is 16.1 Å². The zero-order chi connectivity index (χ0) is 16.0. The van der Waals surface area contributed by atoms with E-state index < -0.39 is 24.0 Å². The summed E-state index contributed by atoms with van der Waals surface area (Å²) in [6.07, 6.45) is 1.32. The van der Waals surface area contributed by atoms with Crippen molar-refractivity contribution in [2.45, 2.75) is 38.9 Å². The van der Waals surface area contributed by atoms with Crippen molar-refractivity contribution in [3.63, 3.8) is 0 Å². The molecule has 1 fully saturated rings. The fourth-order valence-electron chi connectivity index (χ4n) is 2.14. The van der Waals surface area contributed by atoms with Crippen LogP contribution in [0.3, 0.4) is 0 Å². The van der Waals surface area contributed by atoms with Gasteiger partial charge in [0.2, 0.25) is 0 Å². The van der Waals surface area contributed by atoms with Crippen molar-refractivity contribution in [2.24, 2.45) is 0 Å². The predicted octanol–water partition coefficient (Wildman–Crippen LogP) is 4.95. The molecule has 2 aromatic heterocycles. The molecular formula is C16H18BFO3S. The number of furan rings is 1. The van der Waals surface area contributed by atoms with Gasteiger partial charge in [-0.1, -0.05) is 6.07 Å². The van der Waals surface area contributed by atoms with Gasteiger partial charge in [-0.25, -0.2) is 4.39 Å². The number of hydrogen-bond donors (Lipinski definition) is 0. The summed E-state index contributed by atoms with van der Waals surface area (Å²) in [7, 11) is -1.000.